The molecule has 1 amide bonds. The van der Waals surface area contributed by atoms with Crippen LogP contribution in [0.4, 0.5) is 5.82 Å². The van der Waals surface area contributed by atoms with Crippen molar-refractivity contribution in [1.29, 1.82) is 0 Å². The number of methoxy groups -OCH3 is 1. The second kappa shape index (κ2) is 7.52. The number of nitrogens with one attached hydrogen (secondary N) is 1. The van der Waals surface area contributed by atoms with Crippen LogP contribution in [0, 0.1) is 18.9 Å². The van der Waals surface area contributed by atoms with E-state index < -0.39 is 5.91 Å². The van der Waals surface area contributed by atoms with Gasteiger partial charge in [0.1, 0.15) is 18.2 Å². The zero-order chi connectivity index (χ0) is 20.4. The lowest BCUT2D eigenvalue weighted by Crippen LogP contribution is -2.23. The number of imidazole rings is 1. The highest BCUT2D eigenvalue weighted by molar-refractivity contribution is 6.63. The molecule has 1 atom stereocenters. The van der Waals surface area contributed by atoms with E-state index in [0.717, 1.165) is 16.6 Å². The van der Waals surface area contributed by atoms with E-state index in [1.165, 1.54) is 13.3 Å². The standard InChI is InChI=1S/C20H17N7O2/c1-12-4-5-17-15(8-12)22-11-27(17)7-6-14-9-18(25-26-20(14)29-3)24-19(28)16-10-21-13(2)23-16/h4-5,8-11,13H,1-3H3,(H,24,25,28). The Hall–Kier alpha value is -4.06. The molecule has 0 spiro atoms. The third-order valence-electron chi connectivity index (χ3n) is 4.18. The van der Waals surface area contributed by atoms with Gasteiger partial charge in [0.15, 0.2) is 5.82 Å². The van der Waals surface area contributed by atoms with Crippen molar-refractivity contribution in [2.45, 2.75) is 20.0 Å². The molecule has 1 aromatic carbocycles. The minimum Gasteiger partial charge on any atom is -0.479 e. The maximum atomic E-state index is 12.3. The van der Waals surface area contributed by atoms with Gasteiger partial charge in [-0.3, -0.25) is 19.3 Å². The SMILES string of the molecule is COc1nnc(NC(=O)C2=NC(C)N=C2)cc1C#Cn1cnc2cc(C)ccc21. The van der Waals surface area contributed by atoms with Gasteiger partial charge < -0.3 is 10.1 Å². The Morgan fingerprint density at radius 2 is 2.14 bits per heavy atom. The number of aromatic nitrogens is 4. The summed E-state index contributed by atoms with van der Waals surface area (Å²) in [5.74, 6) is 3.08. The first kappa shape index (κ1) is 18.3. The van der Waals surface area contributed by atoms with Crippen molar-refractivity contribution in [3.63, 3.8) is 0 Å². The van der Waals surface area contributed by atoms with Crippen molar-refractivity contribution >= 4 is 34.7 Å². The second-order valence-electron chi connectivity index (χ2n) is 6.37. The molecule has 1 N–H and O–H groups in total. The number of nitrogens with zero attached hydrogens (tertiary/aromatic N) is 6. The first-order valence-corrected chi connectivity index (χ1v) is 8.83. The van der Waals surface area contributed by atoms with Gasteiger partial charge in [0.2, 0.25) is 5.88 Å². The summed E-state index contributed by atoms with van der Waals surface area (Å²) in [4.78, 5) is 24.8. The van der Waals surface area contributed by atoms with Gasteiger partial charge in [-0.05, 0) is 37.5 Å². The summed E-state index contributed by atoms with van der Waals surface area (Å²) >= 11 is 0. The number of ether oxygens (including phenoxy) is 1. The maximum Gasteiger partial charge on any atom is 0.276 e. The molecule has 0 fully saturated rings. The lowest BCUT2D eigenvalue weighted by Gasteiger charge is -2.05. The van der Waals surface area contributed by atoms with Gasteiger partial charge in [0, 0.05) is 12.1 Å². The molecule has 4 rings (SSSR count). The van der Waals surface area contributed by atoms with E-state index in [1.807, 2.05) is 25.1 Å². The fourth-order valence-corrected chi connectivity index (χ4v) is 2.76. The summed E-state index contributed by atoms with van der Waals surface area (Å²) in [7, 11) is 1.48. The van der Waals surface area contributed by atoms with E-state index in [9.17, 15) is 4.79 Å². The number of hydrogen-bond donors (Lipinski definition) is 1. The molecule has 0 saturated carbocycles. The molecule has 1 unspecified atom stereocenters. The van der Waals surface area contributed by atoms with Gasteiger partial charge >= 0.3 is 0 Å². The summed E-state index contributed by atoms with van der Waals surface area (Å²) in [6.45, 7) is 3.80. The Balaban J connectivity index is 1.62. The molecule has 0 radical (unpaired) electrons. The number of anilines is 1. The minimum atomic E-state index is -0.410. The summed E-state index contributed by atoms with van der Waals surface area (Å²) in [5.41, 5.74) is 3.60. The maximum absolute atomic E-state index is 12.3. The zero-order valence-electron chi connectivity index (χ0n) is 16.0. The van der Waals surface area contributed by atoms with E-state index in [2.05, 4.69) is 42.4 Å². The Labute approximate surface area is 166 Å². The van der Waals surface area contributed by atoms with E-state index in [0.29, 0.717) is 5.56 Å². The van der Waals surface area contributed by atoms with E-state index in [-0.39, 0.29) is 23.6 Å². The number of aliphatic imine (C=N–C) groups is 2. The number of aryl methyl sites for hydroxylation is 1. The largest absolute Gasteiger partial charge is 0.479 e. The highest BCUT2D eigenvalue weighted by Crippen LogP contribution is 2.17. The normalized spacial score (nSPS) is 15.0. The molecule has 1 aliphatic heterocycles. The molecular weight excluding hydrogens is 370 g/mol. The number of hydrogen-bond acceptors (Lipinski definition) is 7. The molecule has 0 saturated heterocycles. The lowest BCUT2D eigenvalue weighted by molar-refractivity contribution is -0.110. The average molecular weight is 387 g/mol. The second-order valence-corrected chi connectivity index (χ2v) is 6.37. The van der Waals surface area contributed by atoms with Crippen molar-refractivity contribution in [1.82, 2.24) is 19.7 Å². The first-order valence-electron chi connectivity index (χ1n) is 8.83. The molecule has 1 aliphatic rings. The van der Waals surface area contributed by atoms with Crippen LogP contribution < -0.4 is 10.1 Å². The number of rotatable bonds is 3. The molecule has 2 aromatic heterocycles. The molecule has 3 heterocycles. The molecule has 144 valence electrons. The van der Waals surface area contributed by atoms with Crippen LogP contribution in [-0.4, -0.2) is 50.9 Å². The Morgan fingerprint density at radius 1 is 1.28 bits per heavy atom. The summed E-state index contributed by atoms with van der Waals surface area (Å²) < 4.78 is 6.95. The smallest absolute Gasteiger partial charge is 0.276 e. The van der Waals surface area contributed by atoms with Crippen LogP contribution >= 0.6 is 0 Å². The van der Waals surface area contributed by atoms with E-state index in [4.69, 9.17) is 4.74 Å². The quantitative estimate of drug-likeness (QED) is 0.690. The van der Waals surface area contributed by atoms with Crippen LogP contribution in [0.2, 0.25) is 0 Å². The van der Waals surface area contributed by atoms with Gasteiger partial charge in [-0.1, -0.05) is 6.07 Å². The van der Waals surface area contributed by atoms with Gasteiger partial charge in [-0.2, -0.15) is 0 Å². The number of fused-ring (bicyclic) bond motifs is 1. The molecule has 0 bridgehead atoms. The fourth-order valence-electron chi connectivity index (χ4n) is 2.76. The average Bonchev–Trinajstić information content (AvgIpc) is 3.32. The summed E-state index contributed by atoms with van der Waals surface area (Å²) in [5, 5.41) is 10.6. The Kier molecular flexibility index (Phi) is 4.75. The van der Waals surface area contributed by atoms with E-state index >= 15 is 0 Å². The zero-order valence-corrected chi connectivity index (χ0v) is 16.0. The molecule has 3 aromatic rings. The predicted molar refractivity (Wildman–Crippen MR) is 109 cm³/mol. The van der Waals surface area contributed by atoms with Gasteiger partial charge in [-0.25, -0.2) is 4.98 Å². The van der Waals surface area contributed by atoms with Crippen molar-refractivity contribution in [3.05, 3.63) is 41.7 Å². The molecule has 9 nitrogen and oxygen atoms in total. The van der Waals surface area contributed by atoms with Crippen LogP contribution in [-0.2, 0) is 4.79 Å². The van der Waals surface area contributed by atoms with E-state index in [1.54, 1.807) is 23.9 Å². The molecule has 29 heavy (non-hydrogen) atoms. The molecule has 0 aliphatic carbocycles. The van der Waals surface area contributed by atoms with Gasteiger partial charge in [0.25, 0.3) is 5.91 Å². The van der Waals surface area contributed by atoms with Crippen LogP contribution in [0.5, 0.6) is 5.88 Å². The van der Waals surface area contributed by atoms with Crippen LogP contribution in [0.25, 0.3) is 11.0 Å². The van der Waals surface area contributed by atoms with Crippen molar-refractivity contribution in [2.75, 3.05) is 12.4 Å². The van der Waals surface area contributed by atoms with Gasteiger partial charge in [0.05, 0.1) is 29.9 Å². The molecule has 9 heteroatoms. The minimum absolute atomic E-state index is 0.238. The molecular formula is C20H17N7O2. The lowest BCUT2D eigenvalue weighted by atomic mass is 10.2. The van der Waals surface area contributed by atoms with Crippen LogP contribution in [0.15, 0.2) is 40.6 Å². The van der Waals surface area contributed by atoms with Crippen molar-refractivity contribution in [2.24, 2.45) is 9.98 Å². The van der Waals surface area contributed by atoms with Crippen LogP contribution in [0.1, 0.15) is 18.1 Å². The number of carbonyl (C=O) groups excluding carboxylic acids is 1. The monoisotopic (exact) mass is 387 g/mol. The first-order chi connectivity index (χ1) is 14.0. The third-order valence-corrected chi connectivity index (χ3v) is 4.18. The number of amides is 1. The van der Waals surface area contributed by atoms with Gasteiger partial charge in [-0.15, -0.1) is 10.2 Å². The fraction of sp³-hybridized carbons (Fsp3) is 0.200. The number of carbonyl (C=O) groups is 1. The summed E-state index contributed by atoms with van der Waals surface area (Å²) in [6.07, 6.45) is 2.83. The van der Waals surface area contributed by atoms with Crippen molar-refractivity contribution in [3.8, 4) is 17.8 Å². The summed E-state index contributed by atoms with van der Waals surface area (Å²) in [6, 6.07) is 10.6. The van der Waals surface area contributed by atoms with Crippen molar-refractivity contribution < 1.29 is 9.53 Å². The highest BCUT2D eigenvalue weighted by atomic mass is 16.5. The Bertz CT molecular complexity index is 1230. The topological polar surface area (TPSA) is 107 Å². The van der Waals surface area contributed by atoms with Crippen LogP contribution in [0.3, 0.4) is 0 Å². The third kappa shape index (κ3) is 3.82. The Morgan fingerprint density at radius 3 is 2.90 bits per heavy atom. The highest BCUT2D eigenvalue weighted by Gasteiger charge is 2.17. The predicted octanol–water partition coefficient (Wildman–Crippen LogP) is 1.81. The number of benzene rings is 1.